The van der Waals surface area contributed by atoms with Crippen molar-refractivity contribution in [3.05, 3.63) is 41.6 Å². The molecule has 2 bridgehead atoms. The van der Waals surface area contributed by atoms with E-state index < -0.39 is 0 Å². The molecule has 1 aromatic carbocycles. The molecule has 2 aliphatic heterocycles. The molecule has 2 saturated heterocycles. The number of likely N-dealkylation sites (N-methyl/N-ethyl adjacent to an activating group) is 1. The minimum atomic E-state index is 0.114. The van der Waals surface area contributed by atoms with Crippen molar-refractivity contribution in [1.82, 2.24) is 19.8 Å². The Kier molecular flexibility index (Phi) is 5.06. The zero-order valence-electron chi connectivity index (χ0n) is 17.2. The van der Waals surface area contributed by atoms with Gasteiger partial charge in [0.1, 0.15) is 5.82 Å². The molecule has 0 radical (unpaired) electrons. The first-order valence-electron chi connectivity index (χ1n) is 10.1. The summed E-state index contributed by atoms with van der Waals surface area (Å²) in [6, 6.07) is 8.84. The standard InChI is InChI=1S/C22H29N5O/c1-15-13-23-20(24-21(15)25(2)3)16-6-5-7-17(12-16)22(28)27-11-10-18-8-9-19(14-27)26(18)4/h5-7,12-13,18-19H,8-11,14H2,1-4H3/t18-,19+/m1/s1. The fraction of sp³-hybridized carbons (Fsp3) is 0.500. The summed E-state index contributed by atoms with van der Waals surface area (Å²) in [6.07, 6.45) is 5.35. The van der Waals surface area contributed by atoms with E-state index in [4.69, 9.17) is 4.98 Å². The summed E-state index contributed by atoms with van der Waals surface area (Å²) in [5.41, 5.74) is 2.63. The quantitative estimate of drug-likeness (QED) is 0.821. The first-order valence-corrected chi connectivity index (χ1v) is 10.1. The molecule has 0 N–H and O–H groups in total. The highest BCUT2D eigenvalue weighted by molar-refractivity contribution is 5.95. The van der Waals surface area contributed by atoms with Crippen molar-refractivity contribution in [3.63, 3.8) is 0 Å². The lowest BCUT2D eigenvalue weighted by atomic mass is 10.1. The van der Waals surface area contributed by atoms with Crippen molar-refractivity contribution in [2.75, 3.05) is 39.1 Å². The summed E-state index contributed by atoms with van der Waals surface area (Å²) in [6.45, 7) is 3.66. The molecule has 148 valence electrons. The molecule has 0 aliphatic carbocycles. The number of anilines is 1. The summed E-state index contributed by atoms with van der Waals surface area (Å²) in [7, 11) is 6.15. The van der Waals surface area contributed by atoms with Crippen molar-refractivity contribution in [3.8, 4) is 11.4 Å². The van der Waals surface area contributed by atoms with Crippen LogP contribution in [-0.2, 0) is 0 Å². The average Bonchev–Trinajstić information content (AvgIpc) is 2.93. The molecule has 3 heterocycles. The van der Waals surface area contributed by atoms with Gasteiger partial charge in [-0.25, -0.2) is 9.97 Å². The molecule has 1 aromatic heterocycles. The van der Waals surface area contributed by atoms with Gasteiger partial charge in [-0.1, -0.05) is 12.1 Å². The molecule has 0 unspecified atom stereocenters. The van der Waals surface area contributed by atoms with Crippen LogP contribution < -0.4 is 4.90 Å². The minimum absolute atomic E-state index is 0.114. The molecule has 2 aliphatic rings. The first kappa shape index (κ1) is 18.9. The highest BCUT2D eigenvalue weighted by Crippen LogP contribution is 2.29. The molecule has 2 aromatic rings. The molecule has 0 saturated carbocycles. The Bertz CT molecular complexity index is 881. The Balaban J connectivity index is 1.59. The van der Waals surface area contributed by atoms with Gasteiger partial charge >= 0.3 is 0 Å². The van der Waals surface area contributed by atoms with Crippen LogP contribution in [0.1, 0.15) is 35.2 Å². The van der Waals surface area contributed by atoms with Crippen molar-refractivity contribution < 1.29 is 4.79 Å². The number of carbonyl (C=O) groups excluding carboxylic acids is 1. The zero-order chi connectivity index (χ0) is 19.8. The maximum absolute atomic E-state index is 13.2. The van der Waals surface area contributed by atoms with Crippen LogP contribution in [0, 0.1) is 6.92 Å². The second-order valence-corrected chi connectivity index (χ2v) is 8.27. The number of hydrogen-bond acceptors (Lipinski definition) is 5. The van der Waals surface area contributed by atoms with E-state index in [0.29, 0.717) is 23.5 Å². The van der Waals surface area contributed by atoms with Gasteiger partial charge in [0.2, 0.25) is 0 Å². The number of benzene rings is 1. The minimum Gasteiger partial charge on any atom is -0.362 e. The van der Waals surface area contributed by atoms with E-state index in [9.17, 15) is 4.79 Å². The third kappa shape index (κ3) is 3.49. The van der Waals surface area contributed by atoms with Gasteiger partial charge in [-0.3, -0.25) is 9.69 Å². The van der Waals surface area contributed by atoms with Crippen LogP contribution in [0.5, 0.6) is 0 Å². The fourth-order valence-corrected chi connectivity index (χ4v) is 4.49. The van der Waals surface area contributed by atoms with Crippen molar-refractivity contribution in [1.29, 1.82) is 0 Å². The van der Waals surface area contributed by atoms with Gasteiger partial charge < -0.3 is 9.80 Å². The second kappa shape index (κ2) is 7.51. The third-order valence-corrected chi connectivity index (χ3v) is 6.17. The Morgan fingerprint density at radius 2 is 1.96 bits per heavy atom. The number of nitrogens with zero attached hydrogens (tertiary/aromatic N) is 5. The van der Waals surface area contributed by atoms with Gasteiger partial charge in [0.05, 0.1) is 0 Å². The summed E-state index contributed by atoms with van der Waals surface area (Å²) in [5.74, 6) is 1.66. The van der Waals surface area contributed by atoms with E-state index in [0.717, 1.165) is 36.5 Å². The molecular formula is C22H29N5O. The highest BCUT2D eigenvalue weighted by Gasteiger charge is 2.36. The van der Waals surface area contributed by atoms with Gasteiger partial charge in [-0.15, -0.1) is 0 Å². The predicted molar refractivity (Wildman–Crippen MR) is 112 cm³/mol. The number of carbonyl (C=O) groups is 1. The molecule has 2 atom stereocenters. The van der Waals surface area contributed by atoms with Crippen molar-refractivity contribution in [2.24, 2.45) is 0 Å². The van der Waals surface area contributed by atoms with E-state index in [1.54, 1.807) is 0 Å². The second-order valence-electron chi connectivity index (χ2n) is 8.27. The van der Waals surface area contributed by atoms with Crippen LogP contribution in [0.15, 0.2) is 30.5 Å². The number of hydrogen-bond donors (Lipinski definition) is 0. The van der Waals surface area contributed by atoms with E-state index in [-0.39, 0.29) is 5.91 Å². The van der Waals surface area contributed by atoms with Crippen LogP contribution in [0.3, 0.4) is 0 Å². The fourth-order valence-electron chi connectivity index (χ4n) is 4.49. The summed E-state index contributed by atoms with van der Waals surface area (Å²) in [4.78, 5) is 28.9. The molecule has 4 rings (SSSR count). The molecule has 1 amide bonds. The molecule has 6 heteroatoms. The van der Waals surface area contributed by atoms with E-state index >= 15 is 0 Å². The van der Waals surface area contributed by atoms with Gasteiger partial charge in [-0.2, -0.15) is 0 Å². The topological polar surface area (TPSA) is 52.6 Å². The van der Waals surface area contributed by atoms with Gasteiger partial charge in [-0.05, 0) is 45.4 Å². The first-order chi connectivity index (χ1) is 13.4. The Morgan fingerprint density at radius 1 is 1.18 bits per heavy atom. The lowest BCUT2D eigenvalue weighted by Gasteiger charge is -2.26. The van der Waals surface area contributed by atoms with Crippen LogP contribution in [-0.4, -0.2) is 72.0 Å². The number of amides is 1. The average molecular weight is 380 g/mol. The van der Waals surface area contributed by atoms with Crippen LogP contribution in [0.25, 0.3) is 11.4 Å². The molecule has 2 fully saturated rings. The maximum Gasteiger partial charge on any atom is 0.253 e. The number of rotatable bonds is 3. The SMILES string of the molecule is Cc1cnc(-c2cccc(C(=O)N3CC[C@H]4CC[C@@H](C3)N4C)c2)nc1N(C)C. The smallest absolute Gasteiger partial charge is 0.253 e. The lowest BCUT2D eigenvalue weighted by molar-refractivity contribution is 0.0740. The van der Waals surface area contributed by atoms with Gasteiger partial charge in [0, 0.05) is 62.2 Å². The number of likely N-dealkylation sites (tertiary alicyclic amines) is 1. The van der Waals surface area contributed by atoms with Crippen molar-refractivity contribution in [2.45, 2.75) is 38.3 Å². The zero-order valence-corrected chi connectivity index (χ0v) is 17.2. The third-order valence-electron chi connectivity index (χ3n) is 6.17. The molecule has 6 nitrogen and oxygen atoms in total. The number of aryl methyl sites for hydroxylation is 1. The monoisotopic (exact) mass is 379 g/mol. The number of fused-ring (bicyclic) bond motifs is 2. The highest BCUT2D eigenvalue weighted by atomic mass is 16.2. The largest absolute Gasteiger partial charge is 0.362 e. The molecule has 28 heavy (non-hydrogen) atoms. The van der Waals surface area contributed by atoms with Crippen LogP contribution >= 0.6 is 0 Å². The number of aromatic nitrogens is 2. The van der Waals surface area contributed by atoms with E-state index in [2.05, 4.69) is 16.9 Å². The summed E-state index contributed by atoms with van der Waals surface area (Å²) in [5, 5.41) is 0. The summed E-state index contributed by atoms with van der Waals surface area (Å²) < 4.78 is 0. The van der Waals surface area contributed by atoms with E-state index in [1.165, 1.54) is 12.8 Å². The lowest BCUT2D eigenvalue weighted by Crippen LogP contribution is -2.39. The van der Waals surface area contributed by atoms with Crippen LogP contribution in [0.2, 0.25) is 0 Å². The van der Waals surface area contributed by atoms with Gasteiger partial charge in [0.15, 0.2) is 5.82 Å². The van der Waals surface area contributed by atoms with Crippen molar-refractivity contribution >= 4 is 11.7 Å². The van der Waals surface area contributed by atoms with E-state index in [1.807, 2.05) is 61.3 Å². The Labute approximate surface area is 167 Å². The predicted octanol–water partition coefficient (Wildman–Crippen LogP) is 2.83. The molecule has 0 spiro atoms. The maximum atomic E-state index is 13.2. The summed E-state index contributed by atoms with van der Waals surface area (Å²) >= 11 is 0. The van der Waals surface area contributed by atoms with Gasteiger partial charge in [0.25, 0.3) is 5.91 Å². The Hall–Kier alpha value is -2.47. The molecular weight excluding hydrogens is 350 g/mol. The van der Waals surface area contributed by atoms with Crippen LogP contribution in [0.4, 0.5) is 5.82 Å². The Morgan fingerprint density at radius 3 is 2.75 bits per heavy atom. The normalized spacial score (nSPS) is 22.2.